The molecule has 19 heavy (non-hydrogen) atoms. The van der Waals surface area contributed by atoms with Crippen LogP contribution in [0.3, 0.4) is 0 Å². The van der Waals surface area contributed by atoms with Crippen LogP contribution in [-0.4, -0.2) is 35.6 Å². The van der Waals surface area contributed by atoms with Gasteiger partial charge in [0.15, 0.2) is 5.13 Å². The SMILES string of the molecule is CCCNc1nc2c(s1)C[C@@H](N(CC)CC)CC2.Cl. The smallest absolute Gasteiger partial charge is 0.183 e. The van der Waals surface area contributed by atoms with Gasteiger partial charge in [0.05, 0.1) is 5.69 Å². The summed E-state index contributed by atoms with van der Waals surface area (Å²) in [5.41, 5.74) is 1.35. The maximum atomic E-state index is 4.72. The average molecular weight is 304 g/mol. The first kappa shape index (κ1) is 16.7. The maximum Gasteiger partial charge on any atom is 0.183 e. The molecule has 0 saturated heterocycles. The van der Waals surface area contributed by atoms with E-state index in [9.17, 15) is 0 Å². The van der Waals surface area contributed by atoms with Crippen LogP contribution in [0.4, 0.5) is 5.13 Å². The van der Waals surface area contributed by atoms with Crippen LogP contribution in [0.15, 0.2) is 0 Å². The lowest BCUT2D eigenvalue weighted by atomic mass is 9.96. The third kappa shape index (κ3) is 4.07. The highest BCUT2D eigenvalue weighted by Crippen LogP contribution is 2.31. The Bertz CT molecular complexity index is 377. The summed E-state index contributed by atoms with van der Waals surface area (Å²) in [6.07, 6.45) is 4.78. The lowest BCUT2D eigenvalue weighted by Crippen LogP contribution is -2.38. The quantitative estimate of drug-likeness (QED) is 0.870. The third-order valence-electron chi connectivity index (χ3n) is 3.77. The van der Waals surface area contributed by atoms with Crippen molar-refractivity contribution in [3.63, 3.8) is 0 Å². The summed E-state index contributed by atoms with van der Waals surface area (Å²) in [6, 6.07) is 0.729. The summed E-state index contributed by atoms with van der Waals surface area (Å²) in [4.78, 5) is 8.82. The fraction of sp³-hybridized carbons (Fsp3) is 0.786. The third-order valence-corrected chi connectivity index (χ3v) is 4.85. The van der Waals surface area contributed by atoms with Gasteiger partial charge in [0.25, 0.3) is 0 Å². The molecule has 0 bridgehead atoms. The van der Waals surface area contributed by atoms with Gasteiger partial charge in [-0.2, -0.15) is 0 Å². The molecule has 110 valence electrons. The lowest BCUT2D eigenvalue weighted by Gasteiger charge is -2.31. The Morgan fingerprint density at radius 2 is 2.05 bits per heavy atom. The number of rotatable bonds is 6. The minimum atomic E-state index is 0. The Labute approximate surface area is 127 Å². The van der Waals surface area contributed by atoms with Crippen molar-refractivity contribution in [1.82, 2.24) is 9.88 Å². The van der Waals surface area contributed by atoms with Crippen LogP contribution in [0.25, 0.3) is 0 Å². The van der Waals surface area contributed by atoms with Gasteiger partial charge in [-0.25, -0.2) is 4.98 Å². The summed E-state index contributed by atoms with van der Waals surface area (Å²) in [5.74, 6) is 0. The molecule has 1 aromatic heterocycles. The Morgan fingerprint density at radius 1 is 1.32 bits per heavy atom. The van der Waals surface area contributed by atoms with E-state index < -0.39 is 0 Å². The second kappa shape index (κ2) is 8.08. The monoisotopic (exact) mass is 303 g/mol. The molecule has 2 rings (SSSR count). The van der Waals surface area contributed by atoms with Crippen LogP contribution >= 0.6 is 23.7 Å². The number of thiazole rings is 1. The number of likely N-dealkylation sites (N-methyl/N-ethyl adjacent to an activating group) is 1. The van der Waals surface area contributed by atoms with E-state index >= 15 is 0 Å². The molecular weight excluding hydrogens is 278 g/mol. The predicted octanol–water partition coefficient (Wildman–Crippen LogP) is 3.59. The van der Waals surface area contributed by atoms with E-state index in [-0.39, 0.29) is 12.4 Å². The van der Waals surface area contributed by atoms with Gasteiger partial charge < -0.3 is 10.2 Å². The molecule has 0 saturated carbocycles. The second-order valence-corrected chi connectivity index (χ2v) is 6.02. The average Bonchev–Trinajstić information content (AvgIpc) is 2.80. The number of fused-ring (bicyclic) bond motifs is 1. The molecule has 0 aliphatic heterocycles. The van der Waals surface area contributed by atoms with E-state index in [0.717, 1.165) is 43.6 Å². The van der Waals surface area contributed by atoms with Crippen LogP contribution in [-0.2, 0) is 12.8 Å². The molecule has 5 heteroatoms. The van der Waals surface area contributed by atoms with E-state index in [1.54, 1.807) is 0 Å². The number of nitrogens with one attached hydrogen (secondary N) is 1. The highest BCUT2D eigenvalue weighted by Gasteiger charge is 2.25. The molecule has 3 nitrogen and oxygen atoms in total. The molecule has 0 amide bonds. The van der Waals surface area contributed by atoms with Gasteiger partial charge in [-0.15, -0.1) is 23.7 Å². The van der Waals surface area contributed by atoms with Crippen LogP contribution in [0, 0.1) is 0 Å². The number of hydrogen-bond acceptors (Lipinski definition) is 4. The Kier molecular flexibility index (Phi) is 7.11. The minimum Gasteiger partial charge on any atom is -0.362 e. The van der Waals surface area contributed by atoms with Crippen molar-refractivity contribution in [2.45, 2.75) is 52.5 Å². The molecule has 0 unspecified atom stereocenters. The number of aromatic nitrogens is 1. The molecule has 1 aliphatic carbocycles. The van der Waals surface area contributed by atoms with Crippen molar-refractivity contribution in [3.05, 3.63) is 10.6 Å². The normalized spacial score (nSPS) is 18.0. The molecule has 1 aliphatic rings. The first-order valence-electron chi connectivity index (χ1n) is 7.24. The summed E-state index contributed by atoms with van der Waals surface area (Å²) in [6.45, 7) is 10.1. The minimum absolute atomic E-state index is 0. The van der Waals surface area contributed by atoms with Crippen LogP contribution in [0.5, 0.6) is 0 Å². The molecule has 1 aromatic rings. The van der Waals surface area contributed by atoms with E-state index in [2.05, 4.69) is 31.0 Å². The Morgan fingerprint density at radius 3 is 2.68 bits per heavy atom. The Balaban J connectivity index is 0.00000180. The molecule has 1 atom stereocenters. The summed E-state index contributed by atoms with van der Waals surface area (Å²) in [5, 5.41) is 4.54. The first-order chi connectivity index (χ1) is 8.78. The zero-order valence-corrected chi connectivity index (χ0v) is 13.9. The van der Waals surface area contributed by atoms with Gasteiger partial charge in [-0.05, 0) is 38.8 Å². The fourth-order valence-corrected chi connectivity index (χ4v) is 3.82. The maximum absolute atomic E-state index is 4.72. The van der Waals surface area contributed by atoms with Crippen molar-refractivity contribution in [2.75, 3.05) is 25.0 Å². The topological polar surface area (TPSA) is 28.2 Å². The van der Waals surface area contributed by atoms with Crippen molar-refractivity contribution in [2.24, 2.45) is 0 Å². The summed E-state index contributed by atoms with van der Waals surface area (Å²) in [7, 11) is 0. The first-order valence-corrected chi connectivity index (χ1v) is 8.06. The number of nitrogens with zero attached hydrogens (tertiary/aromatic N) is 2. The molecule has 0 aromatic carbocycles. The van der Waals surface area contributed by atoms with E-state index in [4.69, 9.17) is 4.98 Å². The van der Waals surface area contributed by atoms with Crippen LogP contribution in [0.1, 0.15) is 44.2 Å². The van der Waals surface area contributed by atoms with Crippen molar-refractivity contribution < 1.29 is 0 Å². The van der Waals surface area contributed by atoms with Crippen LogP contribution in [0.2, 0.25) is 0 Å². The molecular formula is C14H26ClN3S. The number of aryl methyl sites for hydroxylation is 1. The highest BCUT2D eigenvalue weighted by molar-refractivity contribution is 7.15. The van der Waals surface area contributed by atoms with Crippen molar-refractivity contribution in [1.29, 1.82) is 0 Å². The number of halogens is 1. The fourth-order valence-electron chi connectivity index (χ4n) is 2.72. The van der Waals surface area contributed by atoms with E-state index in [0.29, 0.717) is 0 Å². The predicted molar refractivity (Wildman–Crippen MR) is 86.9 cm³/mol. The van der Waals surface area contributed by atoms with Gasteiger partial charge >= 0.3 is 0 Å². The number of hydrogen-bond donors (Lipinski definition) is 1. The summed E-state index contributed by atoms with van der Waals surface area (Å²) < 4.78 is 0. The molecule has 1 heterocycles. The largest absolute Gasteiger partial charge is 0.362 e. The van der Waals surface area contributed by atoms with E-state index in [1.165, 1.54) is 23.4 Å². The lowest BCUT2D eigenvalue weighted by molar-refractivity contribution is 0.199. The van der Waals surface area contributed by atoms with Gasteiger partial charge in [0.1, 0.15) is 0 Å². The van der Waals surface area contributed by atoms with Crippen LogP contribution < -0.4 is 5.32 Å². The zero-order valence-electron chi connectivity index (χ0n) is 12.2. The molecule has 0 spiro atoms. The second-order valence-electron chi connectivity index (χ2n) is 4.93. The van der Waals surface area contributed by atoms with Crippen molar-refractivity contribution >= 4 is 28.9 Å². The van der Waals surface area contributed by atoms with E-state index in [1.807, 2.05) is 11.3 Å². The zero-order chi connectivity index (χ0) is 13.0. The van der Waals surface area contributed by atoms with Gasteiger partial charge in [-0.1, -0.05) is 20.8 Å². The van der Waals surface area contributed by atoms with Gasteiger partial charge in [0, 0.05) is 17.5 Å². The highest BCUT2D eigenvalue weighted by atomic mass is 35.5. The Hall–Kier alpha value is -0.320. The standard InChI is InChI=1S/C14H25N3S.ClH/c1-4-9-15-14-16-12-8-7-11(10-13(12)18-14)17(5-2)6-3;/h11H,4-10H2,1-3H3,(H,15,16);1H/t11-;/m0./s1. The number of anilines is 1. The molecule has 0 radical (unpaired) electrons. The van der Waals surface area contributed by atoms with Gasteiger partial charge in [0.2, 0.25) is 0 Å². The summed E-state index contributed by atoms with van der Waals surface area (Å²) >= 11 is 1.87. The van der Waals surface area contributed by atoms with Gasteiger partial charge in [-0.3, -0.25) is 0 Å². The molecule has 0 fully saturated rings. The van der Waals surface area contributed by atoms with Crippen molar-refractivity contribution in [3.8, 4) is 0 Å². The molecule has 1 N–H and O–H groups in total.